The molecule has 2 rings (SSSR count). The van der Waals surface area contributed by atoms with Crippen LogP contribution >= 0.6 is 0 Å². The number of methoxy groups -OCH3 is 1. The second kappa shape index (κ2) is 5.41. The Labute approximate surface area is 101 Å². The first-order chi connectivity index (χ1) is 8.35. The minimum Gasteiger partial charge on any atom is -0.497 e. The molecule has 0 saturated heterocycles. The highest BCUT2D eigenvalue weighted by atomic mass is 16.5. The molecule has 0 aliphatic rings. The SMILES string of the molecule is CNC(c1cccc(OC)c1)c1ccncn1. The molecule has 0 fully saturated rings. The third-order valence-electron chi connectivity index (χ3n) is 2.62. The molecule has 1 N–H and O–H groups in total. The standard InChI is InChI=1S/C13H15N3O/c1-14-13(12-6-7-15-9-16-12)10-4-3-5-11(8-10)17-2/h3-9,13-14H,1-2H3. The summed E-state index contributed by atoms with van der Waals surface area (Å²) in [7, 11) is 3.57. The Hall–Kier alpha value is -1.94. The van der Waals surface area contributed by atoms with Crippen LogP contribution in [0.3, 0.4) is 0 Å². The number of nitrogens with one attached hydrogen (secondary N) is 1. The average Bonchev–Trinajstić information content (AvgIpc) is 2.41. The van der Waals surface area contributed by atoms with Gasteiger partial charge >= 0.3 is 0 Å². The summed E-state index contributed by atoms with van der Waals surface area (Å²) in [5, 5.41) is 3.24. The highest BCUT2D eigenvalue weighted by molar-refractivity contribution is 5.34. The number of ether oxygens (including phenoxy) is 1. The number of hydrogen-bond acceptors (Lipinski definition) is 4. The van der Waals surface area contributed by atoms with Gasteiger partial charge in [-0.3, -0.25) is 0 Å². The Bertz CT molecular complexity index is 473. The number of nitrogens with zero attached hydrogens (tertiary/aromatic N) is 2. The Morgan fingerprint density at radius 1 is 1.29 bits per heavy atom. The topological polar surface area (TPSA) is 47.0 Å². The Morgan fingerprint density at radius 2 is 2.18 bits per heavy atom. The van der Waals surface area contributed by atoms with Crippen molar-refractivity contribution in [3.8, 4) is 5.75 Å². The van der Waals surface area contributed by atoms with E-state index in [4.69, 9.17) is 4.74 Å². The molecule has 0 radical (unpaired) electrons. The van der Waals surface area contributed by atoms with E-state index in [2.05, 4.69) is 15.3 Å². The van der Waals surface area contributed by atoms with Crippen LogP contribution in [0.4, 0.5) is 0 Å². The number of rotatable bonds is 4. The molecular formula is C13H15N3O. The number of benzene rings is 1. The van der Waals surface area contributed by atoms with Gasteiger partial charge in [-0.2, -0.15) is 0 Å². The van der Waals surface area contributed by atoms with Gasteiger partial charge < -0.3 is 10.1 Å². The highest BCUT2D eigenvalue weighted by Gasteiger charge is 2.13. The van der Waals surface area contributed by atoms with Gasteiger partial charge in [0.25, 0.3) is 0 Å². The summed E-state index contributed by atoms with van der Waals surface area (Å²) in [4.78, 5) is 8.19. The zero-order valence-electron chi connectivity index (χ0n) is 9.92. The minimum absolute atomic E-state index is 0.0492. The van der Waals surface area contributed by atoms with Gasteiger partial charge in [0.05, 0.1) is 18.8 Å². The van der Waals surface area contributed by atoms with E-state index in [0.717, 1.165) is 17.0 Å². The lowest BCUT2D eigenvalue weighted by Crippen LogP contribution is -2.18. The number of hydrogen-bond donors (Lipinski definition) is 1. The molecule has 1 heterocycles. The van der Waals surface area contributed by atoms with Gasteiger partial charge in [-0.15, -0.1) is 0 Å². The summed E-state index contributed by atoms with van der Waals surface area (Å²) in [5.41, 5.74) is 2.06. The molecule has 4 heteroatoms. The monoisotopic (exact) mass is 229 g/mol. The van der Waals surface area contributed by atoms with Crippen LogP contribution in [0.2, 0.25) is 0 Å². The van der Waals surface area contributed by atoms with Crippen molar-refractivity contribution < 1.29 is 4.74 Å². The van der Waals surface area contributed by atoms with Crippen LogP contribution < -0.4 is 10.1 Å². The van der Waals surface area contributed by atoms with Crippen molar-refractivity contribution in [3.63, 3.8) is 0 Å². The van der Waals surface area contributed by atoms with E-state index in [-0.39, 0.29) is 6.04 Å². The minimum atomic E-state index is 0.0492. The van der Waals surface area contributed by atoms with Crippen LogP contribution in [-0.2, 0) is 0 Å². The molecule has 0 aliphatic carbocycles. The van der Waals surface area contributed by atoms with Crippen molar-refractivity contribution in [2.45, 2.75) is 6.04 Å². The van der Waals surface area contributed by atoms with E-state index in [1.54, 1.807) is 19.6 Å². The van der Waals surface area contributed by atoms with Crippen LogP contribution in [0.1, 0.15) is 17.3 Å². The molecule has 0 amide bonds. The fraction of sp³-hybridized carbons (Fsp3) is 0.231. The van der Waals surface area contributed by atoms with Gasteiger partial charge in [0, 0.05) is 6.20 Å². The lowest BCUT2D eigenvalue weighted by Gasteiger charge is -2.16. The average molecular weight is 229 g/mol. The molecular weight excluding hydrogens is 214 g/mol. The fourth-order valence-electron chi connectivity index (χ4n) is 1.78. The van der Waals surface area contributed by atoms with Crippen LogP contribution in [0.5, 0.6) is 5.75 Å². The van der Waals surface area contributed by atoms with E-state index < -0.39 is 0 Å². The first-order valence-electron chi connectivity index (χ1n) is 5.42. The molecule has 4 nitrogen and oxygen atoms in total. The molecule has 1 aromatic carbocycles. The van der Waals surface area contributed by atoms with Crippen molar-refractivity contribution in [1.82, 2.24) is 15.3 Å². The summed E-state index contributed by atoms with van der Waals surface area (Å²) in [6, 6.07) is 9.90. The van der Waals surface area contributed by atoms with Crippen molar-refractivity contribution >= 4 is 0 Å². The van der Waals surface area contributed by atoms with Crippen LogP contribution in [0, 0.1) is 0 Å². The summed E-state index contributed by atoms with van der Waals surface area (Å²) >= 11 is 0. The number of aromatic nitrogens is 2. The Kier molecular flexibility index (Phi) is 3.67. The van der Waals surface area contributed by atoms with E-state index in [9.17, 15) is 0 Å². The van der Waals surface area contributed by atoms with Crippen molar-refractivity contribution in [2.75, 3.05) is 14.2 Å². The first kappa shape index (κ1) is 11.5. The van der Waals surface area contributed by atoms with Gasteiger partial charge in [0.1, 0.15) is 12.1 Å². The van der Waals surface area contributed by atoms with Gasteiger partial charge in [-0.05, 0) is 30.8 Å². The van der Waals surface area contributed by atoms with Crippen LogP contribution in [0.15, 0.2) is 42.9 Å². The second-order valence-electron chi connectivity index (χ2n) is 3.63. The molecule has 2 aromatic rings. The van der Waals surface area contributed by atoms with Gasteiger partial charge in [0.2, 0.25) is 0 Å². The van der Waals surface area contributed by atoms with Crippen LogP contribution in [0.25, 0.3) is 0 Å². The summed E-state index contributed by atoms with van der Waals surface area (Å²) in [5.74, 6) is 0.844. The van der Waals surface area contributed by atoms with Gasteiger partial charge in [-0.25, -0.2) is 9.97 Å². The molecule has 0 saturated carbocycles. The van der Waals surface area contributed by atoms with Gasteiger partial charge in [-0.1, -0.05) is 12.1 Å². The largest absolute Gasteiger partial charge is 0.497 e. The van der Waals surface area contributed by atoms with E-state index in [1.807, 2.05) is 37.4 Å². The zero-order valence-corrected chi connectivity index (χ0v) is 9.92. The molecule has 1 aromatic heterocycles. The van der Waals surface area contributed by atoms with Crippen molar-refractivity contribution in [2.24, 2.45) is 0 Å². The van der Waals surface area contributed by atoms with E-state index >= 15 is 0 Å². The van der Waals surface area contributed by atoms with Crippen molar-refractivity contribution in [3.05, 3.63) is 54.1 Å². The maximum Gasteiger partial charge on any atom is 0.119 e. The maximum atomic E-state index is 5.22. The highest BCUT2D eigenvalue weighted by Crippen LogP contribution is 2.23. The normalized spacial score (nSPS) is 12.1. The van der Waals surface area contributed by atoms with E-state index in [1.165, 1.54) is 0 Å². The second-order valence-corrected chi connectivity index (χ2v) is 3.63. The lowest BCUT2D eigenvalue weighted by molar-refractivity contribution is 0.413. The summed E-state index contributed by atoms with van der Waals surface area (Å²) in [6.07, 6.45) is 3.30. The first-order valence-corrected chi connectivity index (χ1v) is 5.42. The third kappa shape index (κ3) is 2.60. The third-order valence-corrected chi connectivity index (χ3v) is 2.62. The maximum absolute atomic E-state index is 5.22. The molecule has 0 bridgehead atoms. The predicted molar refractivity (Wildman–Crippen MR) is 65.9 cm³/mol. The fourth-order valence-corrected chi connectivity index (χ4v) is 1.78. The molecule has 0 spiro atoms. The molecule has 1 atom stereocenters. The molecule has 88 valence electrons. The molecule has 0 aliphatic heterocycles. The summed E-state index contributed by atoms with van der Waals surface area (Å²) < 4.78 is 5.22. The van der Waals surface area contributed by atoms with Crippen LogP contribution in [-0.4, -0.2) is 24.1 Å². The predicted octanol–water partition coefficient (Wildman–Crippen LogP) is 1.79. The quantitative estimate of drug-likeness (QED) is 0.868. The van der Waals surface area contributed by atoms with E-state index in [0.29, 0.717) is 0 Å². The molecule has 1 unspecified atom stereocenters. The van der Waals surface area contributed by atoms with Gasteiger partial charge in [0.15, 0.2) is 0 Å². The Balaban J connectivity index is 2.35. The smallest absolute Gasteiger partial charge is 0.119 e. The summed E-state index contributed by atoms with van der Waals surface area (Å²) in [6.45, 7) is 0. The van der Waals surface area contributed by atoms with Crippen molar-refractivity contribution in [1.29, 1.82) is 0 Å². The molecule has 17 heavy (non-hydrogen) atoms. The lowest BCUT2D eigenvalue weighted by atomic mass is 10.0. The zero-order chi connectivity index (χ0) is 12.1. The Morgan fingerprint density at radius 3 is 2.82 bits per heavy atom.